The fraction of sp³-hybridized carbons (Fsp3) is 0.487. The number of amides is 2. The molecule has 1 fully saturated rings. The maximum Gasteiger partial charge on any atom is 0.410 e. The van der Waals surface area contributed by atoms with Gasteiger partial charge in [-0.1, -0.05) is 24.3 Å². The van der Waals surface area contributed by atoms with Crippen LogP contribution in [-0.4, -0.2) is 88.9 Å². The first-order chi connectivity index (χ1) is 24.1. The Balaban J connectivity index is 1.22. The molecule has 0 aliphatic carbocycles. The Morgan fingerprint density at radius 1 is 0.900 bits per heavy atom. The highest BCUT2D eigenvalue weighted by Gasteiger charge is 2.35. The SMILES string of the molecule is COCCCN1C(=O)COc2ccc(COC3CN(C(=O)OC(C)(C)C)CCC3c3ccc(OCCCOc4cccc(OC)c4)cc3)cc21. The van der Waals surface area contributed by atoms with Gasteiger partial charge in [0.1, 0.15) is 28.6 Å². The molecule has 3 aromatic carbocycles. The third-order valence-corrected chi connectivity index (χ3v) is 8.55. The number of likely N-dealkylation sites (tertiary alicyclic amines) is 1. The second-order valence-electron chi connectivity index (χ2n) is 13.5. The lowest BCUT2D eigenvalue weighted by atomic mass is 9.87. The molecule has 0 spiro atoms. The van der Waals surface area contributed by atoms with Crippen LogP contribution in [0.4, 0.5) is 10.5 Å². The molecule has 1 saturated heterocycles. The number of fused-ring (bicyclic) bond motifs is 1. The van der Waals surface area contributed by atoms with Gasteiger partial charge in [-0.05, 0) is 81.1 Å². The van der Waals surface area contributed by atoms with Gasteiger partial charge in [-0.2, -0.15) is 0 Å². The van der Waals surface area contributed by atoms with Crippen LogP contribution in [0.25, 0.3) is 0 Å². The summed E-state index contributed by atoms with van der Waals surface area (Å²) in [6.45, 7) is 9.01. The van der Waals surface area contributed by atoms with Gasteiger partial charge < -0.3 is 43.0 Å². The average Bonchev–Trinajstić information content (AvgIpc) is 3.11. The minimum atomic E-state index is -0.598. The Morgan fingerprint density at radius 3 is 2.40 bits per heavy atom. The number of rotatable bonds is 15. The summed E-state index contributed by atoms with van der Waals surface area (Å²) in [5, 5.41) is 0. The van der Waals surface area contributed by atoms with Crippen LogP contribution in [0.1, 0.15) is 57.1 Å². The summed E-state index contributed by atoms with van der Waals surface area (Å²) in [7, 11) is 3.29. The first kappa shape index (κ1) is 36.8. The van der Waals surface area contributed by atoms with Crippen LogP contribution in [0.15, 0.2) is 66.7 Å². The molecule has 5 rings (SSSR count). The lowest BCUT2D eigenvalue weighted by molar-refractivity contribution is -0.121. The van der Waals surface area contributed by atoms with Crippen molar-refractivity contribution in [1.82, 2.24) is 4.90 Å². The topological polar surface area (TPSA) is 105 Å². The Labute approximate surface area is 295 Å². The summed E-state index contributed by atoms with van der Waals surface area (Å²) in [5.41, 5.74) is 2.16. The molecule has 0 radical (unpaired) electrons. The number of anilines is 1. The van der Waals surface area contributed by atoms with Gasteiger partial charge in [0.25, 0.3) is 5.91 Å². The van der Waals surface area contributed by atoms with Gasteiger partial charge in [0.05, 0.1) is 45.3 Å². The van der Waals surface area contributed by atoms with Crippen LogP contribution in [0.5, 0.6) is 23.0 Å². The minimum Gasteiger partial charge on any atom is -0.497 e. The molecule has 50 heavy (non-hydrogen) atoms. The number of carbonyl (C=O) groups excluding carboxylic acids is 2. The minimum absolute atomic E-state index is 0.0165. The van der Waals surface area contributed by atoms with Crippen LogP contribution in [0.2, 0.25) is 0 Å². The molecule has 0 saturated carbocycles. The van der Waals surface area contributed by atoms with E-state index in [1.54, 1.807) is 24.0 Å². The fourth-order valence-electron chi connectivity index (χ4n) is 6.05. The van der Waals surface area contributed by atoms with E-state index in [-0.39, 0.29) is 30.6 Å². The predicted molar refractivity (Wildman–Crippen MR) is 190 cm³/mol. The van der Waals surface area contributed by atoms with E-state index in [0.717, 1.165) is 46.9 Å². The Kier molecular flexibility index (Phi) is 12.8. The summed E-state index contributed by atoms with van der Waals surface area (Å²) in [5.74, 6) is 2.94. The quantitative estimate of drug-likeness (QED) is 0.163. The number of carbonyl (C=O) groups is 2. The molecule has 0 N–H and O–H groups in total. The number of hydrogen-bond donors (Lipinski definition) is 0. The van der Waals surface area contributed by atoms with Crippen molar-refractivity contribution in [3.05, 3.63) is 77.9 Å². The summed E-state index contributed by atoms with van der Waals surface area (Å²) < 4.78 is 40.3. The van der Waals surface area contributed by atoms with Crippen molar-refractivity contribution < 1.29 is 42.7 Å². The molecular formula is C39H50N2O9. The molecule has 0 bridgehead atoms. The van der Waals surface area contributed by atoms with Crippen molar-refractivity contribution >= 4 is 17.7 Å². The fourth-order valence-corrected chi connectivity index (χ4v) is 6.05. The standard InChI is InChI=1S/C39H50N2O9/c1-39(2,3)50-38(43)40-19-17-33(29-12-14-30(15-13-29)46-21-8-22-47-32-10-6-9-31(24-32)45-5)36(25-40)48-26-28-11-16-35-34(23-28)41(18-7-20-44-4)37(42)27-49-35/h6,9-16,23-24,33,36H,7-8,17-22,25-27H2,1-5H3. The predicted octanol–water partition coefficient (Wildman–Crippen LogP) is 6.61. The Bertz CT molecular complexity index is 1560. The third kappa shape index (κ3) is 10.3. The van der Waals surface area contributed by atoms with E-state index in [2.05, 4.69) is 12.1 Å². The van der Waals surface area contributed by atoms with Crippen LogP contribution in [-0.2, 0) is 25.6 Å². The maximum atomic E-state index is 13.1. The largest absolute Gasteiger partial charge is 0.497 e. The zero-order valence-electron chi connectivity index (χ0n) is 29.9. The zero-order valence-corrected chi connectivity index (χ0v) is 29.9. The van der Waals surface area contributed by atoms with Gasteiger partial charge in [-0.25, -0.2) is 4.79 Å². The molecule has 270 valence electrons. The molecule has 2 amide bonds. The van der Waals surface area contributed by atoms with E-state index in [4.69, 9.17) is 33.2 Å². The molecule has 0 aromatic heterocycles. The Morgan fingerprint density at radius 2 is 1.66 bits per heavy atom. The van der Waals surface area contributed by atoms with Crippen molar-refractivity contribution in [3.8, 4) is 23.0 Å². The van der Waals surface area contributed by atoms with Crippen LogP contribution >= 0.6 is 0 Å². The van der Waals surface area contributed by atoms with Crippen molar-refractivity contribution in [1.29, 1.82) is 0 Å². The molecule has 2 heterocycles. The van der Waals surface area contributed by atoms with E-state index < -0.39 is 5.60 Å². The van der Waals surface area contributed by atoms with E-state index >= 15 is 0 Å². The number of methoxy groups -OCH3 is 2. The second-order valence-corrected chi connectivity index (χ2v) is 13.5. The first-order valence-electron chi connectivity index (χ1n) is 17.3. The van der Waals surface area contributed by atoms with Gasteiger partial charge in [0.2, 0.25) is 0 Å². The maximum absolute atomic E-state index is 13.1. The molecule has 11 nitrogen and oxygen atoms in total. The van der Waals surface area contributed by atoms with Gasteiger partial charge in [-0.15, -0.1) is 0 Å². The molecule has 11 heteroatoms. The molecule has 2 unspecified atom stereocenters. The van der Waals surface area contributed by atoms with Gasteiger partial charge >= 0.3 is 6.09 Å². The lowest BCUT2D eigenvalue weighted by Gasteiger charge is -2.39. The van der Waals surface area contributed by atoms with E-state index in [1.807, 2.05) is 75.4 Å². The molecule has 2 aliphatic heterocycles. The molecule has 2 atom stereocenters. The number of benzene rings is 3. The smallest absolute Gasteiger partial charge is 0.410 e. The van der Waals surface area contributed by atoms with Crippen molar-refractivity contribution in [2.24, 2.45) is 0 Å². The van der Waals surface area contributed by atoms with Crippen molar-refractivity contribution in [2.75, 3.05) is 65.2 Å². The second kappa shape index (κ2) is 17.4. The number of piperidine rings is 1. The van der Waals surface area contributed by atoms with E-state index in [1.165, 1.54) is 0 Å². The summed E-state index contributed by atoms with van der Waals surface area (Å²) in [6, 6.07) is 21.5. The summed E-state index contributed by atoms with van der Waals surface area (Å²) in [4.78, 5) is 29.3. The van der Waals surface area contributed by atoms with Crippen LogP contribution < -0.4 is 23.8 Å². The van der Waals surface area contributed by atoms with Gasteiger partial charge in [0, 0.05) is 45.2 Å². The summed E-state index contributed by atoms with van der Waals surface area (Å²) in [6.07, 6.45) is 1.52. The van der Waals surface area contributed by atoms with Crippen LogP contribution in [0.3, 0.4) is 0 Å². The normalized spacial score (nSPS) is 17.5. The lowest BCUT2D eigenvalue weighted by Crippen LogP contribution is -2.48. The zero-order chi connectivity index (χ0) is 35.5. The Hall–Kier alpha value is -4.48. The first-order valence-corrected chi connectivity index (χ1v) is 17.3. The number of hydrogen-bond acceptors (Lipinski definition) is 9. The van der Waals surface area contributed by atoms with Crippen molar-refractivity contribution in [2.45, 2.75) is 64.3 Å². The van der Waals surface area contributed by atoms with Crippen molar-refractivity contribution in [3.63, 3.8) is 0 Å². The molecule has 3 aromatic rings. The monoisotopic (exact) mass is 690 g/mol. The highest BCUT2D eigenvalue weighted by atomic mass is 16.6. The number of nitrogens with zero attached hydrogens (tertiary/aromatic N) is 2. The average molecular weight is 691 g/mol. The third-order valence-electron chi connectivity index (χ3n) is 8.55. The van der Waals surface area contributed by atoms with E-state index in [0.29, 0.717) is 58.2 Å². The number of ether oxygens (including phenoxy) is 7. The van der Waals surface area contributed by atoms with E-state index in [9.17, 15) is 9.59 Å². The molecular weight excluding hydrogens is 640 g/mol. The van der Waals surface area contributed by atoms with Gasteiger partial charge in [0.15, 0.2) is 6.61 Å². The highest BCUT2D eigenvalue weighted by molar-refractivity contribution is 5.97. The van der Waals surface area contributed by atoms with Crippen LogP contribution in [0, 0.1) is 0 Å². The van der Waals surface area contributed by atoms with Gasteiger partial charge in [-0.3, -0.25) is 4.79 Å². The molecule has 2 aliphatic rings. The summed E-state index contributed by atoms with van der Waals surface area (Å²) >= 11 is 0. The highest BCUT2D eigenvalue weighted by Crippen LogP contribution is 2.36.